The third-order valence-corrected chi connectivity index (χ3v) is 7.28. The van der Waals surface area contributed by atoms with Crippen molar-refractivity contribution < 1.29 is 14.6 Å². The second kappa shape index (κ2) is 4.82. The quantitative estimate of drug-likeness (QED) is 0.858. The van der Waals surface area contributed by atoms with E-state index in [1.165, 1.54) is 36.8 Å². The van der Waals surface area contributed by atoms with E-state index in [1.807, 2.05) is 0 Å². The summed E-state index contributed by atoms with van der Waals surface area (Å²) < 4.78 is 11.6. The van der Waals surface area contributed by atoms with Gasteiger partial charge in [-0.25, -0.2) is 0 Å². The van der Waals surface area contributed by atoms with E-state index >= 15 is 0 Å². The molecule has 1 aromatic rings. The minimum atomic E-state index is -0.983. The number of fused-ring (bicyclic) bond motifs is 1. The maximum Gasteiger partial charge on any atom is 0.167 e. The second-order valence-electron chi connectivity index (χ2n) is 9.31. The zero-order chi connectivity index (χ0) is 18.3. The number of hydrogen-bond acceptors (Lipinski definition) is 3. The highest BCUT2D eigenvalue weighted by molar-refractivity contribution is 5.75. The lowest BCUT2D eigenvalue weighted by molar-refractivity contribution is 0.0748. The van der Waals surface area contributed by atoms with E-state index in [-0.39, 0.29) is 10.8 Å². The highest BCUT2D eigenvalue weighted by atomic mass is 16.5. The van der Waals surface area contributed by atoms with Gasteiger partial charge in [-0.3, -0.25) is 0 Å². The minimum Gasteiger partial charge on any atom is -0.493 e. The lowest BCUT2D eigenvalue weighted by Gasteiger charge is -2.45. The van der Waals surface area contributed by atoms with Crippen molar-refractivity contribution in [3.63, 3.8) is 0 Å². The molecule has 2 saturated carbocycles. The molecule has 2 fully saturated rings. The number of aliphatic hydroxyl groups is 1. The van der Waals surface area contributed by atoms with Crippen molar-refractivity contribution in [2.24, 2.45) is 10.8 Å². The summed E-state index contributed by atoms with van der Waals surface area (Å²) in [6, 6.07) is 2.10. The summed E-state index contributed by atoms with van der Waals surface area (Å²) in [6.45, 7) is 8.43. The molecule has 2 atom stereocenters. The first-order valence-electron chi connectivity index (χ1n) is 9.35. The fraction of sp³-hybridized carbons (Fsp3) is 0.636. The molecular formula is C22H30O3. The first kappa shape index (κ1) is 17.0. The Labute approximate surface area is 151 Å². The summed E-state index contributed by atoms with van der Waals surface area (Å²) in [6.07, 6.45) is 9.63. The minimum absolute atomic E-state index is 0.162. The average Bonchev–Trinajstić information content (AvgIpc) is 3.24. The Morgan fingerprint density at radius 2 is 1.76 bits per heavy atom. The van der Waals surface area contributed by atoms with Crippen molar-refractivity contribution in [3.8, 4) is 11.5 Å². The predicted molar refractivity (Wildman–Crippen MR) is 100 cm³/mol. The number of methoxy groups -OCH3 is 2. The van der Waals surface area contributed by atoms with E-state index in [0.29, 0.717) is 11.2 Å². The maximum atomic E-state index is 10.7. The Hall–Kier alpha value is -1.48. The van der Waals surface area contributed by atoms with Crippen molar-refractivity contribution in [1.82, 2.24) is 0 Å². The Bertz CT molecular complexity index is 768. The molecule has 4 rings (SSSR count). The first-order chi connectivity index (χ1) is 11.6. The van der Waals surface area contributed by atoms with E-state index in [0.717, 1.165) is 11.3 Å². The Morgan fingerprint density at radius 1 is 1.08 bits per heavy atom. The summed E-state index contributed by atoms with van der Waals surface area (Å²) in [4.78, 5) is 0. The van der Waals surface area contributed by atoms with Crippen LogP contribution in [0.15, 0.2) is 12.1 Å². The SMILES string of the molecule is COc1c(C(C)(C)O)cc2c(c1OC)[C@@]13CCCC(C)(C)[C@]1(C=C2)C3. The zero-order valence-corrected chi connectivity index (χ0v) is 16.3. The third-order valence-electron chi connectivity index (χ3n) is 7.28. The van der Waals surface area contributed by atoms with Gasteiger partial charge in [0.15, 0.2) is 11.5 Å². The van der Waals surface area contributed by atoms with Gasteiger partial charge < -0.3 is 14.6 Å². The lowest BCUT2D eigenvalue weighted by Crippen LogP contribution is -2.38. The standard InChI is InChI=1S/C22H30O3/c1-19(2)9-7-10-21-13-22(19,21)11-8-14-12-15(20(3,4)23)17(24-5)18(25-6)16(14)21/h8,11-12,23H,7,9-10,13H2,1-6H3/t21-,22-/m0/s1. The average molecular weight is 342 g/mol. The molecule has 0 spiro atoms. The van der Waals surface area contributed by atoms with Gasteiger partial charge in [-0.1, -0.05) is 32.4 Å². The molecule has 0 saturated heterocycles. The molecule has 0 amide bonds. The molecule has 3 aliphatic rings. The van der Waals surface area contributed by atoms with Gasteiger partial charge in [-0.2, -0.15) is 0 Å². The first-order valence-corrected chi connectivity index (χ1v) is 9.35. The smallest absolute Gasteiger partial charge is 0.167 e. The Kier molecular flexibility index (Phi) is 3.27. The molecule has 0 unspecified atom stereocenters. The van der Waals surface area contributed by atoms with E-state index in [1.54, 1.807) is 28.1 Å². The molecule has 25 heavy (non-hydrogen) atoms. The summed E-state index contributed by atoms with van der Waals surface area (Å²) in [5.41, 5.74) is 2.98. The van der Waals surface area contributed by atoms with Gasteiger partial charge in [0, 0.05) is 22.0 Å². The summed E-state index contributed by atoms with van der Waals surface area (Å²) in [5, 5.41) is 10.7. The second-order valence-corrected chi connectivity index (χ2v) is 9.31. The molecule has 3 nitrogen and oxygen atoms in total. The number of benzene rings is 1. The zero-order valence-electron chi connectivity index (χ0n) is 16.3. The van der Waals surface area contributed by atoms with Crippen LogP contribution in [-0.4, -0.2) is 19.3 Å². The van der Waals surface area contributed by atoms with Crippen LogP contribution >= 0.6 is 0 Å². The van der Waals surface area contributed by atoms with E-state index in [9.17, 15) is 5.11 Å². The summed E-state index contributed by atoms with van der Waals surface area (Å²) in [5.74, 6) is 1.50. The van der Waals surface area contributed by atoms with Gasteiger partial charge in [-0.05, 0) is 50.2 Å². The predicted octanol–water partition coefficient (Wildman–Crippen LogP) is 4.80. The fourth-order valence-electron chi connectivity index (χ4n) is 5.94. The van der Waals surface area contributed by atoms with E-state index in [2.05, 4.69) is 32.1 Å². The van der Waals surface area contributed by atoms with Gasteiger partial charge in [0.1, 0.15) is 0 Å². The van der Waals surface area contributed by atoms with Crippen molar-refractivity contribution in [3.05, 3.63) is 28.8 Å². The van der Waals surface area contributed by atoms with Gasteiger partial charge in [0.25, 0.3) is 0 Å². The molecule has 1 aromatic carbocycles. The third kappa shape index (κ3) is 1.91. The van der Waals surface area contributed by atoms with Crippen molar-refractivity contribution >= 4 is 6.08 Å². The topological polar surface area (TPSA) is 38.7 Å². The van der Waals surface area contributed by atoms with Gasteiger partial charge in [0.2, 0.25) is 0 Å². The normalized spacial score (nSPS) is 31.6. The summed E-state index contributed by atoms with van der Waals surface area (Å²) in [7, 11) is 3.39. The summed E-state index contributed by atoms with van der Waals surface area (Å²) >= 11 is 0. The molecule has 0 aromatic heterocycles. The number of allylic oxidation sites excluding steroid dienone is 1. The lowest BCUT2D eigenvalue weighted by atomic mass is 9.59. The van der Waals surface area contributed by atoms with Gasteiger partial charge in [0.05, 0.1) is 19.8 Å². The molecule has 3 heteroatoms. The molecule has 0 radical (unpaired) electrons. The number of rotatable bonds is 3. The van der Waals surface area contributed by atoms with Crippen LogP contribution in [0.2, 0.25) is 0 Å². The van der Waals surface area contributed by atoms with Crippen molar-refractivity contribution in [2.75, 3.05) is 14.2 Å². The molecule has 1 N–H and O–H groups in total. The molecule has 136 valence electrons. The molecule has 0 heterocycles. The van der Waals surface area contributed by atoms with Crippen LogP contribution in [0.5, 0.6) is 11.5 Å². The van der Waals surface area contributed by atoms with Gasteiger partial charge in [-0.15, -0.1) is 0 Å². The van der Waals surface area contributed by atoms with Crippen molar-refractivity contribution in [2.45, 2.75) is 64.4 Å². The number of ether oxygens (including phenoxy) is 2. The van der Waals surface area contributed by atoms with Crippen LogP contribution in [0.3, 0.4) is 0 Å². The molecule has 0 aliphatic heterocycles. The fourth-order valence-corrected chi connectivity index (χ4v) is 5.94. The Balaban J connectivity index is 2.01. The Morgan fingerprint density at radius 3 is 2.36 bits per heavy atom. The van der Waals surface area contributed by atoms with Crippen LogP contribution in [0.1, 0.15) is 70.1 Å². The molecule has 3 aliphatic carbocycles. The largest absolute Gasteiger partial charge is 0.493 e. The van der Waals surface area contributed by atoms with Crippen LogP contribution in [-0.2, 0) is 11.0 Å². The number of hydrogen-bond donors (Lipinski definition) is 1. The molecular weight excluding hydrogens is 312 g/mol. The molecule has 0 bridgehead atoms. The highest BCUT2D eigenvalue weighted by Crippen LogP contribution is 2.81. The van der Waals surface area contributed by atoms with E-state index < -0.39 is 5.60 Å². The van der Waals surface area contributed by atoms with Crippen LogP contribution in [0.25, 0.3) is 6.08 Å². The van der Waals surface area contributed by atoms with E-state index in [4.69, 9.17) is 9.47 Å². The monoisotopic (exact) mass is 342 g/mol. The van der Waals surface area contributed by atoms with Crippen LogP contribution < -0.4 is 9.47 Å². The van der Waals surface area contributed by atoms with Crippen molar-refractivity contribution in [1.29, 1.82) is 0 Å². The van der Waals surface area contributed by atoms with Crippen LogP contribution in [0.4, 0.5) is 0 Å². The highest BCUT2D eigenvalue weighted by Gasteiger charge is 2.75. The van der Waals surface area contributed by atoms with Crippen LogP contribution in [0, 0.1) is 10.8 Å². The maximum absolute atomic E-state index is 10.7. The van der Waals surface area contributed by atoms with Gasteiger partial charge >= 0.3 is 0 Å².